The van der Waals surface area contributed by atoms with Gasteiger partial charge in [0.25, 0.3) is 0 Å². The number of amides is 1. The number of nitrogens with zero attached hydrogens (tertiary/aromatic N) is 3. The average molecular weight is 340 g/mol. The lowest BCUT2D eigenvalue weighted by Crippen LogP contribution is -2.54. The second-order valence-electron chi connectivity index (χ2n) is 6.36. The van der Waals surface area contributed by atoms with Crippen LogP contribution < -0.4 is 15.0 Å². The molecule has 0 spiro atoms. The van der Waals surface area contributed by atoms with Crippen LogP contribution in [0.1, 0.15) is 29.4 Å². The van der Waals surface area contributed by atoms with Crippen LogP contribution in [-0.4, -0.2) is 42.1 Å². The van der Waals surface area contributed by atoms with E-state index in [2.05, 4.69) is 27.4 Å². The lowest BCUT2D eigenvalue weighted by Gasteiger charge is -2.33. The van der Waals surface area contributed by atoms with Crippen LogP contribution in [0.5, 0.6) is 5.75 Å². The minimum absolute atomic E-state index is 0.0208. The first-order valence-corrected chi connectivity index (χ1v) is 8.51. The molecule has 1 amide bonds. The van der Waals surface area contributed by atoms with Gasteiger partial charge in [-0.05, 0) is 44.0 Å². The third-order valence-electron chi connectivity index (χ3n) is 4.70. The number of ether oxygens (including phenoxy) is 1. The first kappa shape index (κ1) is 17.2. The number of carbonyl (C=O) groups excluding carboxylic acids is 1. The van der Waals surface area contributed by atoms with Crippen molar-refractivity contribution in [3.8, 4) is 5.75 Å². The Morgan fingerprint density at radius 3 is 2.44 bits per heavy atom. The Morgan fingerprint density at radius 2 is 1.84 bits per heavy atom. The zero-order valence-corrected chi connectivity index (χ0v) is 15.2. The summed E-state index contributed by atoms with van der Waals surface area (Å²) >= 11 is 0. The van der Waals surface area contributed by atoms with E-state index in [1.165, 1.54) is 5.56 Å². The zero-order valence-electron chi connectivity index (χ0n) is 15.2. The number of nitrogens with one attached hydrogen (secondary N) is 1. The van der Waals surface area contributed by atoms with E-state index in [9.17, 15) is 4.79 Å². The average Bonchev–Trinajstić information content (AvgIpc) is 2.61. The smallest absolute Gasteiger partial charge is 0.242 e. The van der Waals surface area contributed by atoms with E-state index in [1.54, 1.807) is 7.11 Å². The highest BCUT2D eigenvalue weighted by Gasteiger charge is 2.28. The molecular weight excluding hydrogens is 316 g/mol. The minimum atomic E-state index is -0.250. The van der Waals surface area contributed by atoms with Crippen LogP contribution in [0.15, 0.2) is 24.3 Å². The molecule has 1 aromatic carbocycles. The van der Waals surface area contributed by atoms with Crippen LogP contribution in [0.25, 0.3) is 0 Å². The molecule has 2 heterocycles. The van der Waals surface area contributed by atoms with Crippen LogP contribution in [0.4, 0.5) is 5.95 Å². The Bertz CT molecular complexity index is 750. The highest BCUT2D eigenvalue weighted by Crippen LogP contribution is 2.22. The second kappa shape index (κ2) is 7.09. The number of aromatic nitrogens is 2. The summed E-state index contributed by atoms with van der Waals surface area (Å²) in [6.07, 6.45) is 0.776. The Labute approximate surface area is 148 Å². The number of hydrogen-bond donors (Lipinski definition) is 1. The van der Waals surface area contributed by atoms with Crippen LogP contribution >= 0.6 is 0 Å². The molecule has 0 radical (unpaired) electrons. The summed E-state index contributed by atoms with van der Waals surface area (Å²) in [5.41, 5.74) is 4.23. The van der Waals surface area contributed by atoms with Crippen molar-refractivity contribution in [1.82, 2.24) is 15.3 Å². The number of anilines is 1. The van der Waals surface area contributed by atoms with Gasteiger partial charge in [-0.1, -0.05) is 12.1 Å². The van der Waals surface area contributed by atoms with Crippen LogP contribution in [0.2, 0.25) is 0 Å². The summed E-state index contributed by atoms with van der Waals surface area (Å²) in [6, 6.07) is 7.79. The predicted molar refractivity (Wildman–Crippen MR) is 97.1 cm³/mol. The first-order chi connectivity index (χ1) is 12.0. The zero-order chi connectivity index (χ0) is 18.0. The molecule has 1 N–H and O–H groups in total. The van der Waals surface area contributed by atoms with Crippen molar-refractivity contribution in [2.24, 2.45) is 0 Å². The summed E-state index contributed by atoms with van der Waals surface area (Å²) < 4.78 is 5.21. The quantitative estimate of drug-likeness (QED) is 0.922. The third kappa shape index (κ3) is 3.57. The maximum absolute atomic E-state index is 11.9. The van der Waals surface area contributed by atoms with Crippen LogP contribution in [0, 0.1) is 13.8 Å². The molecule has 1 aliphatic heterocycles. The number of methoxy groups -OCH3 is 1. The van der Waals surface area contributed by atoms with E-state index in [4.69, 9.17) is 4.74 Å². The fourth-order valence-corrected chi connectivity index (χ4v) is 3.11. The van der Waals surface area contributed by atoms with Crippen molar-refractivity contribution in [1.29, 1.82) is 0 Å². The van der Waals surface area contributed by atoms with Crippen molar-refractivity contribution in [2.75, 3.05) is 25.1 Å². The molecule has 25 heavy (non-hydrogen) atoms. The SMILES string of the molecule is COc1ccc(Cc2c(C)nc(N3CCNC(=O)[C@H]3C)nc2C)cc1. The van der Waals surface area contributed by atoms with Gasteiger partial charge >= 0.3 is 0 Å². The van der Waals surface area contributed by atoms with Crippen molar-refractivity contribution >= 4 is 11.9 Å². The van der Waals surface area contributed by atoms with Crippen LogP contribution in [-0.2, 0) is 11.2 Å². The van der Waals surface area contributed by atoms with Gasteiger partial charge in [-0.25, -0.2) is 9.97 Å². The highest BCUT2D eigenvalue weighted by atomic mass is 16.5. The number of benzene rings is 1. The topological polar surface area (TPSA) is 67.3 Å². The number of aryl methyl sites for hydroxylation is 2. The lowest BCUT2D eigenvalue weighted by atomic mass is 10.0. The van der Waals surface area contributed by atoms with E-state index in [0.29, 0.717) is 12.5 Å². The fraction of sp³-hybridized carbons (Fsp3) is 0.421. The van der Waals surface area contributed by atoms with E-state index < -0.39 is 0 Å². The maximum Gasteiger partial charge on any atom is 0.242 e. The van der Waals surface area contributed by atoms with Gasteiger partial charge in [-0.3, -0.25) is 4.79 Å². The second-order valence-corrected chi connectivity index (χ2v) is 6.36. The van der Waals surface area contributed by atoms with E-state index >= 15 is 0 Å². The van der Waals surface area contributed by atoms with E-state index in [1.807, 2.05) is 37.8 Å². The largest absolute Gasteiger partial charge is 0.497 e. The Balaban J connectivity index is 1.85. The summed E-state index contributed by atoms with van der Waals surface area (Å²) in [5.74, 6) is 1.50. The highest BCUT2D eigenvalue weighted by molar-refractivity contribution is 5.85. The summed E-state index contributed by atoms with van der Waals surface area (Å²) in [6.45, 7) is 7.24. The van der Waals surface area contributed by atoms with Gasteiger partial charge in [0.2, 0.25) is 11.9 Å². The van der Waals surface area contributed by atoms with Gasteiger partial charge in [0.05, 0.1) is 7.11 Å². The van der Waals surface area contributed by atoms with Crippen molar-refractivity contribution in [3.05, 3.63) is 46.8 Å². The number of hydrogen-bond acceptors (Lipinski definition) is 5. The van der Waals surface area contributed by atoms with Gasteiger partial charge in [0, 0.05) is 30.9 Å². The van der Waals surface area contributed by atoms with Crippen molar-refractivity contribution in [3.63, 3.8) is 0 Å². The molecule has 0 unspecified atom stereocenters. The molecule has 0 bridgehead atoms. The molecule has 1 fully saturated rings. The monoisotopic (exact) mass is 340 g/mol. The molecule has 3 rings (SSSR count). The van der Waals surface area contributed by atoms with E-state index in [0.717, 1.165) is 35.7 Å². The molecule has 0 aliphatic carbocycles. The third-order valence-corrected chi connectivity index (χ3v) is 4.70. The van der Waals surface area contributed by atoms with E-state index in [-0.39, 0.29) is 11.9 Å². The molecule has 6 nitrogen and oxygen atoms in total. The predicted octanol–water partition coefficient (Wildman–Crippen LogP) is 2.02. The number of rotatable bonds is 4. The van der Waals surface area contributed by atoms with Gasteiger partial charge in [0.1, 0.15) is 11.8 Å². The van der Waals surface area contributed by atoms with Gasteiger partial charge < -0.3 is 15.0 Å². The van der Waals surface area contributed by atoms with Crippen LogP contribution in [0.3, 0.4) is 0 Å². The fourth-order valence-electron chi connectivity index (χ4n) is 3.11. The number of carbonyl (C=O) groups is 1. The first-order valence-electron chi connectivity index (χ1n) is 8.51. The Kier molecular flexibility index (Phi) is 4.88. The number of piperazine rings is 1. The molecule has 1 saturated heterocycles. The Hall–Kier alpha value is -2.63. The molecule has 132 valence electrons. The lowest BCUT2D eigenvalue weighted by molar-refractivity contribution is -0.122. The standard InChI is InChI=1S/C19H24N4O2/c1-12-17(11-15-5-7-16(25-4)8-6-15)13(2)22-19(21-12)23-10-9-20-18(24)14(23)3/h5-8,14H,9-11H2,1-4H3,(H,20,24)/t14-/m1/s1. The molecule has 2 aromatic rings. The van der Waals surface area contributed by atoms with Gasteiger partial charge in [-0.2, -0.15) is 0 Å². The van der Waals surface area contributed by atoms with Crippen molar-refractivity contribution in [2.45, 2.75) is 33.2 Å². The van der Waals surface area contributed by atoms with Gasteiger partial charge in [0.15, 0.2) is 0 Å². The van der Waals surface area contributed by atoms with Crippen molar-refractivity contribution < 1.29 is 9.53 Å². The normalized spacial score (nSPS) is 17.4. The molecule has 1 aliphatic rings. The Morgan fingerprint density at radius 1 is 1.20 bits per heavy atom. The maximum atomic E-state index is 11.9. The summed E-state index contributed by atoms with van der Waals surface area (Å²) in [5, 5.41) is 2.87. The molecule has 1 aromatic heterocycles. The molecule has 1 atom stereocenters. The molecular formula is C19H24N4O2. The summed E-state index contributed by atoms with van der Waals surface area (Å²) in [7, 11) is 1.66. The minimum Gasteiger partial charge on any atom is -0.497 e. The molecule has 0 saturated carbocycles. The summed E-state index contributed by atoms with van der Waals surface area (Å²) in [4.78, 5) is 23.2. The molecule has 6 heteroatoms. The van der Waals surface area contributed by atoms with Gasteiger partial charge in [-0.15, -0.1) is 0 Å².